The monoisotopic (exact) mass is 199 g/mol. The van der Waals surface area contributed by atoms with Crippen LogP contribution in [0.15, 0.2) is 5.10 Å². The van der Waals surface area contributed by atoms with Gasteiger partial charge >= 0.3 is 0 Å². The second-order valence-electron chi connectivity index (χ2n) is 3.43. The Bertz CT molecular complexity index is 213. The molecule has 1 unspecified atom stereocenters. The van der Waals surface area contributed by atoms with Crippen molar-refractivity contribution in [1.29, 1.82) is 0 Å². The van der Waals surface area contributed by atoms with Crippen molar-refractivity contribution in [2.45, 2.75) is 39.0 Å². The summed E-state index contributed by atoms with van der Waals surface area (Å²) in [6.07, 6.45) is 6.08. The van der Waals surface area contributed by atoms with E-state index in [9.17, 15) is 0 Å². The molecule has 3 nitrogen and oxygen atoms in total. The lowest BCUT2D eigenvalue weighted by Crippen LogP contribution is -2.28. The molecule has 0 amide bonds. The van der Waals surface area contributed by atoms with Crippen LogP contribution in [-0.2, 0) is 0 Å². The van der Waals surface area contributed by atoms with E-state index in [4.69, 9.17) is 18.0 Å². The molecular formula is C9H17N3S. The minimum Gasteiger partial charge on any atom is -0.375 e. The first-order valence-electron chi connectivity index (χ1n) is 4.86. The Morgan fingerprint density at radius 1 is 1.69 bits per heavy atom. The molecule has 0 aromatic rings. The largest absolute Gasteiger partial charge is 0.375 e. The highest BCUT2D eigenvalue weighted by Gasteiger charge is 2.18. The van der Waals surface area contributed by atoms with Gasteiger partial charge in [0.25, 0.3) is 0 Å². The van der Waals surface area contributed by atoms with E-state index in [2.05, 4.69) is 17.5 Å². The fourth-order valence-corrected chi connectivity index (χ4v) is 1.83. The smallest absolute Gasteiger partial charge is 0.184 e. The molecular weight excluding hydrogens is 182 g/mol. The van der Waals surface area contributed by atoms with Crippen molar-refractivity contribution in [2.24, 2.45) is 16.8 Å². The first kappa shape index (κ1) is 10.4. The minimum atomic E-state index is 0.257. The molecule has 1 fully saturated rings. The van der Waals surface area contributed by atoms with Gasteiger partial charge < -0.3 is 5.73 Å². The fraction of sp³-hybridized carbons (Fsp3) is 0.778. The van der Waals surface area contributed by atoms with Crippen LogP contribution >= 0.6 is 12.2 Å². The summed E-state index contributed by atoms with van der Waals surface area (Å²) in [7, 11) is 0. The van der Waals surface area contributed by atoms with Crippen LogP contribution in [0.1, 0.15) is 39.0 Å². The van der Waals surface area contributed by atoms with E-state index in [0.29, 0.717) is 5.92 Å². The van der Waals surface area contributed by atoms with Crippen molar-refractivity contribution in [1.82, 2.24) is 5.43 Å². The van der Waals surface area contributed by atoms with Crippen LogP contribution in [0, 0.1) is 5.92 Å². The summed E-state index contributed by atoms with van der Waals surface area (Å²) in [4.78, 5) is 0. The van der Waals surface area contributed by atoms with Crippen molar-refractivity contribution in [3.63, 3.8) is 0 Å². The molecule has 0 spiro atoms. The highest BCUT2D eigenvalue weighted by atomic mass is 32.1. The highest BCUT2D eigenvalue weighted by molar-refractivity contribution is 7.80. The summed E-state index contributed by atoms with van der Waals surface area (Å²) in [5.74, 6) is 0.635. The van der Waals surface area contributed by atoms with Crippen LogP contribution in [0.2, 0.25) is 0 Å². The Labute approximate surface area is 84.8 Å². The van der Waals surface area contributed by atoms with Crippen molar-refractivity contribution in [2.75, 3.05) is 0 Å². The lowest BCUT2D eigenvalue weighted by molar-refractivity contribution is 0.511. The van der Waals surface area contributed by atoms with E-state index in [1.54, 1.807) is 0 Å². The third-order valence-electron chi connectivity index (χ3n) is 2.51. The van der Waals surface area contributed by atoms with Crippen LogP contribution in [-0.4, -0.2) is 10.8 Å². The predicted octanol–water partition coefficient (Wildman–Crippen LogP) is 1.78. The maximum absolute atomic E-state index is 5.31. The molecule has 0 saturated heterocycles. The van der Waals surface area contributed by atoms with E-state index in [1.807, 2.05) is 0 Å². The van der Waals surface area contributed by atoms with Crippen molar-refractivity contribution >= 4 is 23.0 Å². The summed E-state index contributed by atoms with van der Waals surface area (Å²) in [5, 5.41) is 4.49. The van der Waals surface area contributed by atoms with E-state index >= 15 is 0 Å². The molecule has 3 N–H and O–H groups in total. The quantitative estimate of drug-likeness (QED) is 0.526. The second-order valence-corrected chi connectivity index (χ2v) is 3.87. The van der Waals surface area contributed by atoms with Gasteiger partial charge in [0.05, 0.1) is 0 Å². The van der Waals surface area contributed by atoms with Crippen molar-refractivity contribution < 1.29 is 0 Å². The van der Waals surface area contributed by atoms with Gasteiger partial charge in [-0.3, -0.25) is 5.43 Å². The lowest BCUT2D eigenvalue weighted by Gasteiger charge is -2.22. The standard InChI is InChI=1S/C9H17N3S/c1-2-7-5-3-4-6-8(7)11-12-9(10)13/h7H,2-6H2,1H3,(H3,10,12,13)/b11-8+. The van der Waals surface area contributed by atoms with Gasteiger partial charge in [-0.2, -0.15) is 5.10 Å². The molecule has 13 heavy (non-hydrogen) atoms. The minimum absolute atomic E-state index is 0.257. The predicted molar refractivity (Wildman–Crippen MR) is 59.6 cm³/mol. The van der Waals surface area contributed by atoms with Crippen LogP contribution in [0.5, 0.6) is 0 Å². The van der Waals surface area contributed by atoms with Crippen molar-refractivity contribution in [3.8, 4) is 0 Å². The zero-order valence-electron chi connectivity index (χ0n) is 8.05. The third-order valence-corrected chi connectivity index (χ3v) is 2.60. The number of nitrogens with one attached hydrogen (secondary N) is 1. The van der Waals surface area contributed by atoms with Crippen LogP contribution < -0.4 is 11.2 Å². The summed E-state index contributed by atoms with van der Waals surface area (Å²) < 4.78 is 0. The number of nitrogens with two attached hydrogens (primary N) is 1. The molecule has 0 aromatic heterocycles. The molecule has 0 heterocycles. The SMILES string of the molecule is CCC1CCCC/C1=N\NC(N)=S. The van der Waals surface area contributed by atoms with Gasteiger partial charge in [-0.05, 0) is 43.8 Å². The first-order chi connectivity index (χ1) is 6.24. The lowest BCUT2D eigenvalue weighted by atomic mass is 9.86. The van der Waals surface area contributed by atoms with Gasteiger partial charge in [0.2, 0.25) is 0 Å². The number of hydrogen-bond acceptors (Lipinski definition) is 2. The number of hydrogen-bond donors (Lipinski definition) is 2. The Kier molecular flexibility index (Phi) is 4.15. The number of nitrogens with zero attached hydrogens (tertiary/aromatic N) is 1. The summed E-state index contributed by atoms with van der Waals surface area (Å²) in [6.45, 7) is 2.20. The highest BCUT2D eigenvalue weighted by Crippen LogP contribution is 2.23. The van der Waals surface area contributed by atoms with Gasteiger partial charge in [0.1, 0.15) is 0 Å². The van der Waals surface area contributed by atoms with Gasteiger partial charge in [-0.15, -0.1) is 0 Å². The Balaban J connectivity index is 2.52. The van der Waals surface area contributed by atoms with E-state index in [1.165, 1.54) is 25.0 Å². The summed E-state index contributed by atoms with van der Waals surface area (Å²) in [6, 6.07) is 0. The normalized spacial score (nSPS) is 25.9. The topological polar surface area (TPSA) is 50.4 Å². The fourth-order valence-electron chi connectivity index (χ4n) is 1.78. The summed E-state index contributed by atoms with van der Waals surface area (Å²) in [5.41, 5.74) is 9.22. The number of rotatable bonds is 2. The molecule has 4 heteroatoms. The Morgan fingerprint density at radius 3 is 3.08 bits per heavy atom. The number of hydrazone groups is 1. The Hall–Kier alpha value is -0.640. The van der Waals surface area contributed by atoms with Crippen LogP contribution in [0.25, 0.3) is 0 Å². The van der Waals surface area contributed by atoms with Crippen LogP contribution in [0.3, 0.4) is 0 Å². The molecule has 0 aliphatic heterocycles. The molecule has 1 saturated carbocycles. The van der Waals surface area contributed by atoms with E-state index in [0.717, 1.165) is 12.8 Å². The van der Waals surface area contributed by atoms with E-state index < -0.39 is 0 Å². The molecule has 0 aromatic carbocycles. The average molecular weight is 199 g/mol. The molecule has 0 radical (unpaired) electrons. The van der Waals surface area contributed by atoms with Crippen LogP contribution in [0.4, 0.5) is 0 Å². The molecule has 1 atom stereocenters. The first-order valence-corrected chi connectivity index (χ1v) is 5.26. The zero-order valence-corrected chi connectivity index (χ0v) is 8.86. The van der Waals surface area contributed by atoms with Gasteiger partial charge in [0.15, 0.2) is 5.11 Å². The molecule has 74 valence electrons. The van der Waals surface area contributed by atoms with E-state index in [-0.39, 0.29) is 5.11 Å². The van der Waals surface area contributed by atoms with Gasteiger partial charge in [0, 0.05) is 5.71 Å². The molecule has 1 aliphatic carbocycles. The maximum Gasteiger partial charge on any atom is 0.184 e. The molecule has 1 aliphatic rings. The van der Waals surface area contributed by atoms with Crippen molar-refractivity contribution in [3.05, 3.63) is 0 Å². The van der Waals surface area contributed by atoms with Gasteiger partial charge in [-0.25, -0.2) is 0 Å². The Morgan fingerprint density at radius 2 is 2.46 bits per heavy atom. The average Bonchev–Trinajstić information content (AvgIpc) is 2.15. The van der Waals surface area contributed by atoms with Gasteiger partial charge in [-0.1, -0.05) is 13.3 Å². The zero-order chi connectivity index (χ0) is 9.68. The molecule has 0 bridgehead atoms. The third kappa shape index (κ3) is 3.30. The molecule has 1 rings (SSSR count). The maximum atomic E-state index is 5.31. The summed E-state index contributed by atoms with van der Waals surface area (Å²) >= 11 is 4.70. The second kappa shape index (κ2) is 5.17. The number of thiocarbonyl (C=S) groups is 1.